The van der Waals surface area contributed by atoms with Crippen molar-refractivity contribution >= 4 is 17.4 Å². The summed E-state index contributed by atoms with van der Waals surface area (Å²) in [6, 6.07) is 26.1. The molecule has 164 valence electrons. The number of carbonyl (C=O) groups is 2. The molecule has 0 unspecified atom stereocenters. The molecule has 33 heavy (non-hydrogen) atoms. The Labute approximate surface area is 192 Å². The average molecular weight is 437 g/mol. The van der Waals surface area contributed by atoms with E-state index in [4.69, 9.17) is 0 Å². The molecule has 1 N–H and O–H groups in total. The molecule has 5 rings (SSSR count). The van der Waals surface area contributed by atoms with Crippen LogP contribution in [0.15, 0.2) is 97.3 Å². The van der Waals surface area contributed by atoms with Gasteiger partial charge in [-0.3, -0.25) is 9.59 Å². The molecule has 0 saturated carbocycles. The second-order valence-corrected chi connectivity index (χ2v) is 8.44. The smallest absolute Gasteiger partial charge is 0.264 e. The fourth-order valence-corrected chi connectivity index (χ4v) is 4.47. The number of aliphatic hydroxyl groups is 1. The van der Waals surface area contributed by atoms with Gasteiger partial charge in [0.05, 0.1) is 18.7 Å². The third-order valence-electron chi connectivity index (χ3n) is 6.32. The Bertz CT molecular complexity index is 1340. The normalized spacial score (nSPS) is 17.3. The van der Waals surface area contributed by atoms with Crippen LogP contribution < -0.4 is 4.90 Å². The van der Waals surface area contributed by atoms with Gasteiger partial charge >= 0.3 is 0 Å². The summed E-state index contributed by atoms with van der Waals surface area (Å²) in [7, 11) is 0. The van der Waals surface area contributed by atoms with Gasteiger partial charge in [-0.2, -0.15) is 0 Å². The molecular formula is C28H24N2O3. The van der Waals surface area contributed by atoms with Crippen LogP contribution >= 0.6 is 0 Å². The van der Waals surface area contributed by atoms with E-state index in [1.807, 2.05) is 84.5 Å². The topological polar surface area (TPSA) is 62.5 Å². The Kier molecular flexibility index (Phi) is 5.19. The fraction of sp³-hybridized carbons (Fsp3) is 0.143. The maximum atomic E-state index is 13.5. The lowest BCUT2D eigenvalue weighted by molar-refractivity contribution is -0.136. The number of aryl methyl sites for hydroxylation is 1. The van der Waals surface area contributed by atoms with E-state index in [2.05, 4.69) is 0 Å². The van der Waals surface area contributed by atoms with Crippen molar-refractivity contribution in [2.75, 3.05) is 4.90 Å². The number of Topliss-reactive ketones (excluding diaryl/α,β-unsaturated/α-hetero) is 1. The summed E-state index contributed by atoms with van der Waals surface area (Å²) < 4.78 is 1.91. The molecular weight excluding hydrogens is 412 g/mol. The lowest BCUT2D eigenvalue weighted by Gasteiger charge is -2.23. The SMILES string of the molecule is Cc1ccccc1CN1C(=O)[C@](O)(CC(=O)c2cccc(-n3cccc3)c2)c2ccccc21. The van der Waals surface area contributed by atoms with Gasteiger partial charge in [0, 0.05) is 29.2 Å². The number of benzene rings is 3. The first-order valence-corrected chi connectivity index (χ1v) is 10.9. The number of rotatable bonds is 6. The number of ketones is 1. The van der Waals surface area contributed by atoms with Gasteiger partial charge in [0.15, 0.2) is 11.4 Å². The van der Waals surface area contributed by atoms with Crippen molar-refractivity contribution in [3.63, 3.8) is 0 Å². The lowest BCUT2D eigenvalue weighted by atomic mass is 9.88. The predicted molar refractivity (Wildman–Crippen MR) is 127 cm³/mol. The number of hydrogen-bond acceptors (Lipinski definition) is 3. The molecule has 1 amide bonds. The van der Waals surface area contributed by atoms with Crippen molar-refractivity contribution in [1.29, 1.82) is 0 Å². The van der Waals surface area contributed by atoms with Crippen molar-refractivity contribution in [2.24, 2.45) is 0 Å². The molecule has 5 nitrogen and oxygen atoms in total. The average Bonchev–Trinajstić information content (AvgIpc) is 3.44. The summed E-state index contributed by atoms with van der Waals surface area (Å²) in [5.41, 5.74) is 2.57. The number of anilines is 1. The number of carbonyl (C=O) groups excluding carboxylic acids is 2. The largest absolute Gasteiger partial charge is 0.375 e. The number of hydrogen-bond donors (Lipinski definition) is 1. The number of amides is 1. The molecule has 0 radical (unpaired) electrons. The van der Waals surface area contributed by atoms with Crippen LogP contribution in [0.2, 0.25) is 0 Å². The summed E-state index contributed by atoms with van der Waals surface area (Å²) in [6.07, 6.45) is 3.48. The maximum absolute atomic E-state index is 13.5. The van der Waals surface area contributed by atoms with Gasteiger partial charge in [0.1, 0.15) is 0 Å². The van der Waals surface area contributed by atoms with Gasteiger partial charge in [0.2, 0.25) is 0 Å². The van der Waals surface area contributed by atoms with E-state index in [0.29, 0.717) is 23.4 Å². The van der Waals surface area contributed by atoms with Crippen molar-refractivity contribution in [3.8, 4) is 5.69 Å². The molecule has 3 aromatic carbocycles. The molecule has 0 spiro atoms. The van der Waals surface area contributed by atoms with Gasteiger partial charge in [-0.15, -0.1) is 0 Å². The quantitative estimate of drug-likeness (QED) is 0.442. The minimum absolute atomic E-state index is 0.285. The van der Waals surface area contributed by atoms with Gasteiger partial charge in [-0.25, -0.2) is 0 Å². The van der Waals surface area contributed by atoms with E-state index in [0.717, 1.165) is 16.8 Å². The summed E-state index contributed by atoms with van der Waals surface area (Å²) in [5, 5.41) is 11.6. The second kappa shape index (κ2) is 8.19. The zero-order chi connectivity index (χ0) is 23.0. The third kappa shape index (κ3) is 3.66. The van der Waals surface area contributed by atoms with Crippen LogP contribution in [-0.2, 0) is 16.9 Å². The number of para-hydroxylation sites is 1. The van der Waals surface area contributed by atoms with E-state index >= 15 is 0 Å². The summed E-state index contributed by atoms with van der Waals surface area (Å²) >= 11 is 0. The zero-order valence-corrected chi connectivity index (χ0v) is 18.3. The van der Waals surface area contributed by atoms with Gasteiger partial charge < -0.3 is 14.6 Å². The van der Waals surface area contributed by atoms with Crippen molar-refractivity contribution < 1.29 is 14.7 Å². The van der Waals surface area contributed by atoms with E-state index in [9.17, 15) is 14.7 Å². The molecule has 1 aliphatic rings. The highest BCUT2D eigenvalue weighted by Crippen LogP contribution is 2.43. The van der Waals surface area contributed by atoms with Crippen molar-refractivity contribution in [1.82, 2.24) is 4.57 Å². The maximum Gasteiger partial charge on any atom is 0.264 e. The Morgan fingerprint density at radius 3 is 2.42 bits per heavy atom. The van der Waals surface area contributed by atoms with E-state index in [1.165, 1.54) is 0 Å². The van der Waals surface area contributed by atoms with Crippen LogP contribution in [-0.4, -0.2) is 21.4 Å². The van der Waals surface area contributed by atoms with Crippen LogP contribution in [0.5, 0.6) is 0 Å². The van der Waals surface area contributed by atoms with Gasteiger partial charge in [-0.1, -0.05) is 54.6 Å². The first-order valence-electron chi connectivity index (χ1n) is 10.9. The zero-order valence-electron chi connectivity index (χ0n) is 18.3. The van der Waals surface area contributed by atoms with Gasteiger partial charge in [-0.05, 0) is 48.4 Å². The Morgan fingerprint density at radius 2 is 1.64 bits per heavy atom. The third-order valence-corrected chi connectivity index (χ3v) is 6.32. The highest BCUT2D eigenvalue weighted by atomic mass is 16.3. The number of fused-ring (bicyclic) bond motifs is 1. The molecule has 2 heterocycles. The Hall–Kier alpha value is -3.96. The highest BCUT2D eigenvalue weighted by molar-refractivity contribution is 6.10. The van der Waals surface area contributed by atoms with E-state index < -0.39 is 11.5 Å². The molecule has 1 atom stereocenters. The molecule has 0 bridgehead atoms. The molecule has 0 fully saturated rings. The summed E-state index contributed by atoms with van der Waals surface area (Å²) in [6.45, 7) is 2.33. The van der Waals surface area contributed by atoms with Crippen LogP contribution in [0.4, 0.5) is 5.69 Å². The molecule has 0 aliphatic carbocycles. The van der Waals surface area contributed by atoms with Crippen LogP contribution in [0, 0.1) is 6.92 Å². The van der Waals surface area contributed by atoms with Crippen LogP contribution in [0.1, 0.15) is 33.5 Å². The van der Waals surface area contributed by atoms with Crippen LogP contribution in [0.3, 0.4) is 0 Å². The minimum Gasteiger partial charge on any atom is -0.375 e. The number of aromatic nitrogens is 1. The Morgan fingerprint density at radius 1 is 0.909 bits per heavy atom. The highest BCUT2D eigenvalue weighted by Gasteiger charge is 2.50. The molecule has 0 saturated heterocycles. The summed E-state index contributed by atoms with van der Waals surface area (Å²) in [5.74, 6) is -0.755. The first-order chi connectivity index (χ1) is 16.0. The monoisotopic (exact) mass is 436 g/mol. The minimum atomic E-state index is -1.90. The standard InChI is InChI=1S/C28H24N2O3/c1-20-9-2-3-10-22(20)19-30-25-14-5-4-13-24(25)28(33,27(30)32)18-26(31)21-11-8-12-23(17-21)29-15-6-7-16-29/h2-17,33H,18-19H2,1H3/t28-/m0/s1. The van der Waals surface area contributed by atoms with Gasteiger partial charge in [0.25, 0.3) is 5.91 Å². The van der Waals surface area contributed by atoms with Crippen LogP contribution in [0.25, 0.3) is 5.69 Å². The molecule has 4 aromatic rings. The Balaban J connectivity index is 1.47. The summed E-state index contributed by atoms with van der Waals surface area (Å²) in [4.78, 5) is 28.4. The van der Waals surface area contributed by atoms with Crippen molar-refractivity contribution in [3.05, 3.63) is 120 Å². The van der Waals surface area contributed by atoms with Crippen molar-refractivity contribution in [2.45, 2.75) is 25.5 Å². The van der Waals surface area contributed by atoms with E-state index in [-0.39, 0.29) is 12.2 Å². The van der Waals surface area contributed by atoms with E-state index in [1.54, 1.807) is 29.2 Å². The first kappa shape index (κ1) is 20.9. The molecule has 5 heteroatoms. The lowest BCUT2D eigenvalue weighted by Crippen LogP contribution is -2.41. The predicted octanol–water partition coefficient (Wildman–Crippen LogP) is 4.79. The number of nitrogens with zero attached hydrogens (tertiary/aromatic N) is 2. The molecule has 1 aromatic heterocycles. The molecule has 1 aliphatic heterocycles. The second-order valence-electron chi connectivity index (χ2n) is 8.44. The fourth-order valence-electron chi connectivity index (χ4n) is 4.47.